The summed E-state index contributed by atoms with van der Waals surface area (Å²) in [5.41, 5.74) is 3.25. The molecule has 0 atom stereocenters. The summed E-state index contributed by atoms with van der Waals surface area (Å²) >= 11 is 3.48. The van der Waals surface area contributed by atoms with E-state index in [1.807, 2.05) is 31.2 Å². The van der Waals surface area contributed by atoms with Gasteiger partial charge in [0.1, 0.15) is 0 Å². The molecular weight excluding hydrogens is 352 g/mol. The molecule has 1 fully saturated rings. The Kier molecular flexibility index (Phi) is 5.01. The van der Waals surface area contributed by atoms with Gasteiger partial charge < -0.3 is 10.2 Å². The van der Waals surface area contributed by atoms with Crippen molar-refractivity contribution in [1.29, 1.82) is 0 Å². The van der Waals surface area contributed by atoms with Crippen LogP contribution in [0.2, 0.25) is 0 Å². The lowest BCUT2D eigenvalue weighted by Crippen LogP contribution is -2.38. The summed E-state index contributed by atoms with van der Waals surface area (Å²) in [6.45, 7) is 3.89. The number of halogens is 1. The van der Waals surface area contributed by atoms with Gasteiger partial charge >= 0.3 is 0 Å². The fourth-order valence-corrected chi connectivity index (χ4v) is 3.25. The third-order valence-corrected chi connectivity index (χ3v) is 5.30. The van der Waals surface area contributed by atoms with Gasteiger partial charge in [-0.25, -0.2) is 0 Å². The molecule has 1 aliphatic heterocycles. The van der Waals surface area contributed by atoms with Gasteiger partial charge in [0, 0.05) is 34.9 Å². The molecule has 0 radical (unpaired) electrons. The van der Waals surface area contributed by atoms with Crippen LogP contribution in [0.15, 0.2) is 53.0 Å². The molecule has 2 aromatic rings. The van der Waals surface area contributed by atoms with Crippen LogP contribution < -0.4 is 10.2 Å². The predicted molar refractivity (Wildman–Crippen MR) is 98.9 cm³/mol. The largest absolute Gasteiger partial charge is 0.371 e. The minimum atomic E-state index is 0.0962. The molecule has 3 nitrogen and oxygen atoms in total. The molecule has 3 rings (SSSR count). The Labute approximate surface area is 145 Å². The number of nitrogens with zero attached hydrogens (tertiary/aromatic N) is 1. The number of anilines is 2. The second-order valence-electron chi connectivity index (χ2n) is 6.05. The minimum Gasteiger partial charge on any atom is -0.371 e. The van der Waals surface area contributed by atoms with Crippen molar-refractivity contribution in [3.63, 3.8) is 0 Å². The highest BCUT2D eigenvalue weighted by molar-refractivity contribution is 9.10. The summed E-state index contributed by atoms with van der Waals surface area (Å²) in [5.74, 6) is 0.235. The van der Waals surface area contributed by atoms with Crippen LogP contribution in [0.5, 0.6) is 0 Å². The van der Waals surface area contributed by atoms with Crippen LogP contribution in [0, 0.1) is 12.8 Å². The second-order valence-corrected chi connectivity index (χ2v) is 6.90. The summed E-state index contributed by atoms with van der Waals surface area (Å²) in [4.78, 5) is 14.8. The van der Waals surface area contributed by atoms with E-state index in [9.17, 15) is 4.79 Å². The maximum atomic E-state index is 12.5. The van der Waals surface area contributed by atoms with Gasteiger partial charge in [-0.05, 0) is 55.7 Å². The Morgan fingerprint density at radius 2 is 1.83 bits per heavy atom. The minimum absolute atomic E-state index is 0.0962. The van der Waals surface area contributed by atoms with E-state index in [2.05, 4.69) is 50.4 Å². The van der Waals surface area contributed by atoms with Gasteiger partial charge in [-0.1, -0.05) is 34.1 Å². The third-order valence-electron chi connectivity index (χ3n) is 4.41. The fraction of sp³-hybridized carbons (Fsp3) is 0.316. The van der Waals surface area contributed by atoms with E-state index in [1.54, 1.807) is 0 Å². The number of nitrogens with one attached hydrogen (secondary N) is 1. The lowest BCUT2D eigenvalue weighted by atomic mass is 9.95. The normalized spacial score (nSPS) is 15.5. The Balaban J connectivity index is 1.57. The van der Waals surface area contributed by atoms with Crippen LogP contribution in [0.25, 0.3) is 0 Å². The number of hydrogen-bond acceptors (Lipinski definition) is 2. The van der Waals surface area contributed by atoms with Crippen molar-refractivity contribution >= 4 is 33.2 Å². The highest BCUT2D eigenvalue weighted by Crippen LogP contribution is 2.25. The molecule has 1 saturated heterocycles. The van der Waals surface area contributed by atoms with Gasteiger partial charge in [0.25, 0.3) is 0 Å². The smallest absolute Gasteiger partial charge is 0.227 e. The van der Waals surface area contributed by atoms with Crippen LogP contribution in [0.4, 0.5) is 11.4 Å². The maximum Gasteiger partial charge on any atom is 0.227 e. The molecule has 0 aromatic heterocycles. The fourth-order valence-electron chi connectivity index (χ4n) is 3.01. The number of hydrogen-bond donors (Lipinski definition) is 1. The highest BCUT2D eigenvalue weighted by atomic mass is 79.9. The number of benzene rings is 2. The Bertz CT molecular complexity index is 679. The predicted octanol–water partition coefficient (Wildman–Crippen LogP) is 4.61. The molecule has 0 bridgehead atoms. The van der Waals surface area contributed by atoms with Crippen molar-refractivity contribution in [2.24, 2.45) is 5.92 Å². The molecule has 0 spiro atoms. The van der Waals surface area contributed by atoms with Crippen LogP contribution in [-0.4, -0.2) is 19.0 Å². The van der Waals surface area contributed by atoms with Gasteiger partial charge in [-0.3, -0.25) is 4.79 Å². The van der Waals surface area contributed by atoms with Gasteiger partial charge in [-0.2, -0.15) is 0 Å². The Morgan fingerprint density at radius 1 is 1.13 bits per heavy atom. The molecule has 1 aliphatic rings. The Hall–Kier alpha value is -1.81. The van der Waals surface area contributed by atoms with E-state index in [-0.39, 0.29) is 11.8 Å². The molecule has 1 N–H and O–H groups in total. The first-order chi connectivity index (χ1) is 11.1. The first kappa shape index (κ1) is 16.1. The van der Waals surface area contributed by atoms with Crippen molar-refractivity contribution in [2.75, 3.05) is 23.3 Å². The van der Waals surface area contributed by atoms with Crippen LogP contribution in [0.1, 0.15) is 18.4 Å². The van der Waals surface area contributed by atoms with Crippen LogP contribution >= 0.6 is 15.9 Å². The number of carbonyl (C=O) groups is 1. The number of piperidine rings is 1. The second kappa shape index (κ2) is 7.18. The van der Waals surface area contributed by atoms with E-state index < -0.39 is 0 Å². The Morgan fingerprint density at radius 3 is 2.48 bits per heavy atom. The van der Waals surface area contributed by atoms with E-state index in [1.165, 1.54) is 5.69 Å². The van der Waals surface area contributed by atoms with Gasteiger partial charge in [-0.15, -0.1) is 0 Å². The van der Waals surface area contributed by atoms with Gasteiger partial charge in [0.05, 0.1) is 0 Å². The number of rotatable bonds is 3. The molecule has 0 saturated carbocycles. The monoisotopic (exact) mass is 372 g/mol. The maximum absolute atomic E-state index is 12.5. The summed E-state index contributed by atoms with van der Waals surface area (Å²) < 4.78 is 1.06. The van der Waals surface area contributed by atoms with Crippen molar-refractivity contribution < 1.29 is 4.79 Å². The zero-order chi connectivity index (χ0) is 16.2. The van der Waals surface area contributed by atoms with Gasteiger partial charge in [0.2, 0.25) is 5.91 Å². The van der Waals surface area contributed by atoms with Crippen molar-refractivity contribution in [2.45, 2.75) is 19.8 Å². The first-order valence-electron chi connectivity index (χ1n) is 8.00. The van der Waals surface area contributed by atoms with Crippen molar-refractivity contribution in [3.8, 4) is 0 Å². The van der Waals surface area contributed by atoms with E-state index in [0.717, 1.165) is 41.7 Å². The average Bonchev–Trinajstić information content (AvgIpc) is 2.59. The molecule has 4 heteroatoms. The van der Waals surface area contributed by atoms with Crippen molar-refractivity contribution in [1.82, 2.24) is 0 Å². The zero-order valence-electron chi connectivity index (χ0n) is 13.3. The van der Waals surface area contributed by atoms with Crippen LogP contribution in [0.3, 0.4) is 0 Å². The molecule has 23 heavy (non-hydrogen) atoms. The SMILES string of the molecule is Cc1cc(NC(=O)C2CCN(c3ccccc3)CC2)ccc1Br. The quantitative estimate of drug-likeness (QED) is 0.852. The first-order valence-corrected chi connectivity index (χ1v) is 8.80. The molecule has 120 valence electrons. The average molecular weight is 373 g/mol. The molecule has 2 aromatic carbocycles. The summed E-state index contributed by atoms with van der Waals surface area (Å²) in [7, 11) is 0. The zero-order valence-corrected chi connectivity index (χ0v) is 14.8. The summed E-state index contributed by atoms with van der Waals surface area (Å²) in [5, 5.41) is 3.06. The van der Waals surface area contributed by atoms with E-state index >= 15 is 0 Å². The molecule has 0 unspecified atom stereocenters. The van der Waals surface area contributed by atoms with E-state index in [4.69, 9.17) is 0 Å². The lowest BCUT2D eigenvalue weighted by Gasteiger charge is -2.33. The molecule has 1 amide bonds. The highest BCUT2D eigenvalue weighted by Gasteiger charge is 2.25. The standard InChI is InChI=1S/C19H21BrN2O/c1-14-13-16(7-8-18(14)20)21-19(23)15-9-11-22(12-10-15)17-5-3-2-4-6-17/h2-8,13,15H,9-12H2,1H3,(H,21,23). The van der Waals surface area contributed by atoms with Crippen LogP contribution in [-0.2, 0) is 4.79 Å². The number of carbonyl (C=O) groups excluding carboxylic acids is 1. The van der Waals surface area contributed by atoms with E-state index in [0.29, 0.717) is 0 Å². The lowest BCUT2D eigenvalue weighted by molar-refractivity contribution is -0.120. The third kappa shape index (κ3) is 3.94. The number of para-hydroxylation sites is 1. The number of aryl methyl sites for hydroxylation is 1. The molecule has 0 aliphatic carbocycles. The summed E-state index contributed by atoms with van der Waals surface area (Å²) in [6.07, 6.45) is 1.80. The topological polar surface area (TPSA) is 32.3 Å². The summed E-state index contributed by atoms with van der Waals surface area (Å²) in [6, 6.07) is 16.3. The molecular formula is C19H21BrN2O. The number of amides is 1. The van der Waals surface area contributed by atoms with Gasteiger partial charge in [0.15, 0.2) is 0 Å². The molecule has 1 heterocycles. The van der Waals surface area contributed by atoms with Crippen molar-refractivity contribution in [3.05, 3.63) is 58.6 Å².